The molecule has 0 aliphatic rings. The maximum absolute atomic E-state index is 14.5. The van der Waals surface area contributed by atoms with Crippen LogP contribution in [0.2, 0.25) is 10.0 Å². The number of carbonyl (C=O) groups excluding carboxylic acids is 1. The van der Waals surface area contributed by atoms with E-state index in [4.69, 9.17) is 32.7 Å². The van der Waals surface area contributed by atoms with Crippen molar-refractivity contribution in [2.24, 2.45) is 0 Å². The molecule has 10 heteroatoms. The van der Waals surface area contributed by atoms with E-state index in [1.165, 1.54) is 0 Å². The van der Waals surface area contributed by atoms with Gasteiger partial charge >= 0.3 is 12.6 Å². The Kier molecular flexibility index (Phi) is 6.69. The molecule has 0 amide bonds. The molecule has 0 aliphatic carbocycles. The van der Waals surface area contributed by atoms with E-state index in [0.717, 1.165) is 30.0 Å². The molecule has 3 aromatic rings. The molecule has 0 atom stereocenters. The Morgan fingerprint density at radius 1 is 1.03 bits per heavy atom. The van der Waals surface area contributed by atoms with Gasteiger partial charge in [-0.15, -0.1) is 0 Å². The Bertz CT molecular complexity index is 1080. The Morgan fingerprint density at radius 2 is 1.73 bits per heavy atom. The van der Waals surface area contributed by atoms with Crippen molar-refractivity contribution in [3.8, 4) is 23.1 Å². The van der Waals surface area contributed by atoms with Crippen LogP contribution in [0.1, 0.15) is 15.9 Å². The first kappa shape index (κ1) is 21.7. The van der Waals surface area contributed by atoms with Crippen LogP contribution in [0.15, 0.2) is 48.7 Å². The highest BCUT2D eigenvalue weighted by atomic mass is 35.5. The molecule has 156 valence electrons. The number of rotatable bonds is 6. The topological polar surface area (TPSA) is 57.7 Å². The number of pyridine rings is 1. The van der Waals surface area contributed by atoms with Gasteiger partial charge in [0.05, 0.1) is 16.8 Å². The van der Waals surface area contributed by atoms with Crippen molar-refractivity contribution in [1.82, 2.24) is 4.98 Å². The second kappa shape index (κ2) is 9.23. The van der Waals surface area contributed by atoms with Crippen LogP contribution in [0.5, 0.6) is 23.1 Å². The second-order valence-corrected chi connectivity index (χ2v) is 6.72. The van der Waals surface area contributed by atoms with Gasteiger partial charge in [-0.3, -0.25) is 0 Å². The second-order valence-electron chi connectivity index (χ2n) is 5.90. The van der Waals surface area contributed by atoms with Gasteiger partial charge in [0.25, 0.3) is 0 Å². The smallest absolute Gasteiger partial charge is 0.388 e. The van der Waals surface area contributed by atoms with Crippen molar-refractivity contribution in [1.29, 1.82) is 0 Å². The molecule has 0 saturated heterocycles. The lowest BCUT2D eigenvalue weighted by molar-refractivity contribution is -0.0528. The molecule has 5 nitrogen and oxygen atoms in total. The lowest BCUT2D eigenvalue weighted by atomic mass is 10.2. The molecule has 1 aromatic heterocycles. The van der Waals surface area contributed by atoms with Crippen molar-refractivity contribution < 1.29 is 32.2 Å². The van der Waals surface area contributed by atoms with Crippen molar-refractivity contribution in [3.63, 3.8) is 0 Å². The van der Waals surface area contributed by atoms with E-state index in [1.54, 1.807) is 24.3 Å². The summed E-state index contributed by atoms with van der Waals surface area (Å²) in [4.78, 5) is 15.8. The molecule has 0 bridgehead atoms. The monoisotopic (exact) mass is 457 g/mol. The van der Waals surface area contributed by atoms with E-state index in [-0.39, 0.29) is 27.3 Å². The molecule has 3 rings (SSSR count). The van der Waals surface area contributed by atoms with Crippen LogP contribution in [0.4, 0.5) is 13.2 Å². The number of halogens is 5. The summed E-state index contributed by atoms with van der Waals surface area (Å²) in [6, 6.07) is 9.68. The molecule has 0 N–H and O–H groups in total. The zero-order valence-electron chi connectivity index (χ0n) is 15.2. The molecule has 0 radical (unpaired) electrons. The van der Waals surface area contributed by atoms with E-state index < -0.39 is 29.8 Å². The molecule has 0 fully saturated rings. The Labute approximate surface area is 178 Å². The summed E-state index contributed by atoms with van der Waals surface area (Å²) in [5.41, 5.74) is 0.568. The van der Waals surface area contributed by atoms with Gasteiger partial charge in [0, 0.05) is 12.1 Å². The third-order valence-corrected chi connectivity index (χ3v) is 4.25. The molecular weight excluding hydrogens is 446 g/mol. The summed E-state index contributed by atoms with van der Waals surface area (Å²) < 4.78 is 53.6. The molecular formula is C20H12Cl2F3NO4. The number of esters is 1. The van der Waals surface area contributed by atoms with Crippen molar-refractivity contribution in [2.45, 2.75) is 13.5 Å². The minimum absolute atomic E-state index is 0.0158. The van der Waals surface area contributed by atoms with E-state index >= 15 is 0 Å². The number of hydrogen-bond donors (Lipinski definition) is 0. The fourth-order valence-electron chi connectivity index (χ4n) is 2.29. The van der Waals surface area contributed by atoms with Gasteiger partial charge in [-0.2, -0.15) is 8.78 Å². The number of alkyl halides is 2. The number of hydrogen-bond acceptors (Lipinski definition) is 5. The molecule has 0 aliphatic heterocycles. The summed E-state index contributed by atoms with van der Waals surface area (Å²) in [7, 11) is 0. The van der Waals surface area contributed by atoms with Crippen LogP contribution in [0, 0.1) is 12.7 Å². The van der Waals surface area contributed by atoms with Gasteiger partial charge in [0.2, 0.25) is 5.88 Å². The van der Waals surface area contributed by atoms with Gasteiger partial charge in [-0.25, -0.2) is 14.2 Å². The van der Waals surface area contributed by atoms with Crippen LogP contribution < -0.4 is 14.2 Å². The molecule has 0 spiro atoms. The molecule has 30 heavy (non-hydrogen) atoms. The van der Waals surface area contributed by atoms with Gasteiger partial charge in [0.15, 0.2) is 0 Å². The normalized spacial score (nSPS) is 10.8. The summed E-state index contributed by atoms with van der Waals surface area (Å²) >= 11 is 11.9. The van der Waals surface area contributed by atoms with E-state index in [1.807, 2.05) is 6.92 Å². The van der Waals surface area contributed by atoms with Crippen LogP contribution >= 0.6 is 23.2 Å². The third kappa shape index (κ3) is 5.34. The highest BCUT2D eigenvalue weighted by Crippen LogP contribution is 2.34. The molecule has 1 heterocycles. The Balaban J connectivity index is 1.78. The summed E-state index contributed by atoms with van der Waals surface area (Å²) in [5.74, 6) is -2.30. The predicted octanol–water partition coefficient (Wildman–Crippen LogP) is 6.45. The summed E-state index contributed by atoms with van der Waals surface area (Å²) in [6.45, 7) is -1.23. The lowest BCUT2D eigenvalue weighted by Gasteiger charge is -2.11. The van der Waals surface area contributed by atoms with E-state index in [9.17, 15) is 18.0 Å². The molecule has 0 unspecified atom stereocenters. The number of aromatic nitrogens is 1. The van der Waals surface area contributed by atoms with Crippen LogP contribution in [0.3, 0.4) is 0 Å². The number of ether oxygens (including phenoxy) is 3. The van der Waals surface area contributed by atoms with Crippen LogP contribution in [-0.2, 0) is 0 Å². The Hall–Kier alpha value is -2.97. The fraction of sp³-hybridized carbons (Fsp3) is 0.100. The van der Waals surface area contributed by atoms with Crippen molar-refractivity contribution in [2.75, 3.05) is 0 Å². The number of carbonyl (C=O) groups is 1. The minimum Gasteiger partial charge on any atom is -0.454 e. The average molecular weight is 458 g/mol. The van der Waals surface area contributed by atoms with Gasteiger partial charge < -0.3 is 14.2 Å². The van der Waals surface area contributed by atoms with Crippen LogP contribution in [0.25, 0.3) is 0 Å². The van der Waals surface area contributed by atoms with Gasteiger partial charge in [-0.05, 0) is 25.1 Å². The maximum atomic E-state index is 14.5. The first-order valence-electron chi connectivity index (χ1n) is 8.29. The maximum Gasteiger partial charge on any atom is 0.388 e. The number of aryl methyl sites for hydroxylation is 1. The van der Waals surface area contributed by atoms with Crippen molar-refractivity contribution in [3.05, 3.63) is 75.7 Å². The molecule has 0 saturated carbocycles. The summed E-state index contributed by atoms with van der Waals surface area (Å²) in [5, 5.41) is -0.348. The first-order chi connectivity index (χ1) is 14.2. The quantitative estimate of drug-likeness (QED) is 0.314. The zero-order chi connectivity index (χ0) is 21.8. The van der Waals surface area contributed by atoms with Crippen molar-refractivity contribution >= 4 is 29.2 Å². The first-order valence-corrected chi connectivity index (χ1v) is 9.04. The minimum atomic E-state index is -3.10. The predicted molar refractivity (Wildman–Crippen MR) is 104 cm³/mol. The highest BCUT2D eigenvalue weighted by molar-refractivity contribution is 6.32. The van der Waals surface area contributed by atoms with E-state index in [0.29, 0.717) is 0 Å². The Morgan fingerprint density at radius 3 is 2.37 bits per heavy atom. The zero-order valence-corrected chi connectivity index (χ0v) is 16.7. The standard InChI is InChI=1S/C20H12Cl2F3NO4/c1-10-2-4-11(5-3-10)29-19(27)13-7-14(21)17(8-16(13)23)28-12-6-15(22)18(26-9-12)30-20(24)25/h2-9,20H,1H3. The van der Waals surface area contributed by atoms with Crippen LogP contribution in [-0.4, -0.2) is 17.6 Å². The SMILES string of the molecule is Cc1ccc(OC(=O)c2cc(Cl)c(Oc3cnc(OC(F)F)c(Cl)c3)cc2F)cc1. The van der Waals surface area contributed by atoms with E-state index in [2.05, 4.69) is 9.72 Å². The largest absolute Gasteiger partial charge is 0.454 e. The average Bonchev–Trinajstić information content (AvgIpc) is 2.68. The van der Waals surface area contributed by atoms with Gasteiger partial charge in [0.1, 0.15) is 28.1 Å². The molecule has 2 aromatic carbocycles. The summed E-state index contributed by atoms with van der Waals surface area (Å²) in [6.07, 6.45) is 1.04. The van der Waals surface area contributed by atoms with Gasteiger partial charge in [-0.1, -0.05) is 40.9 Å². The highest BCUT2D eigenvalue weighted by Gasteiger charge is 2.19. The lowest BCUT2D eigenvalue weighted by Crippen LogP contribution is -2.11. The third-order valence-electron chi connectivity index (χ3n) is 3.68. The number of nitrogens with zero attached hydrogens (tertiary/aromatic N) is 1. The fourth-order valence-corrected chi connectivity index (χ4v) is 2.70. The number of benzene rings is 2.